The number of oxazole rings is 1. The summed E-state index contributed by atoms with van der Waals surface area (Å²) in [6, 6.07) is 4.24. The van der Waals surface area contributed by atoms with Gasteiger partial charge in [-0.05, 0) is 12.1 Å². The summed E-state index contributed by atoms with van der Waals surface area (Å²) in [4.78, 5) is 19.9. The van der Waals surface area contributed by atoms with Gasteiger partial charge in [-0.2, -0.15) is 0 Å². The number of nitrogens with zero attached hydrogens (tertiary/aromatic N) is 3. The smallest absolute Gasteiger partial charge is 0.408 e. The van der Waals surface area contributed by atoms with Crippen LogP contribution >= 0.6 is 0 Å². The molecule has 2 aromatic heterocycles. The zero-order chi connectivity index (χ0) is 18.4. The Bertz CT molecular complexity index is 1090. The van der Waals surface area contributed by atoms with Crippen molar-refractivity contribution in [3.63, 3.8) is 0 Å². The Labute approximate surface area is 144 Å². The van der Waals surface area contributed by atoms with Crippen LogP contribution in [0.15, 0.2) is 44.7 Å². The number of aryl methyl sites for hydroxylation is 1. The van der Waals surface area contributed by atoms with E-state index in [1.807, 2.05) is 20.8 Å². The second kappa shape index (κ2) is 5.69. The molecule has 0 aliphatic heterocycles. The maximum atomic E-state index is 12.5. The fourth-order valence-corrected chi connectivity index (χ4v) is 3.31. The van der Waals surface area contributed by atoms with E-state index in [1.54, 1.807) is 7.05 Å². The lowest BCUT2D eigenvalue weighted by Gasteiger charge is -2.16. The number of hydrogen-bond acceptors (Lipinski definition) is 6. The number of fused-ring (bicyclic) bond motifs is 1. The van der Waals surface area contributed by atoms with Gasteiger partial charge in [0.15, 0.2) is 5.58 Å². The van der Waals surface area contributed by atoms with Gasteiger partial charge in [0, 0.05) is 18.5 Å². The van der Waals surface area contributed by atoms with E-state index >= 15 is 0 Å². The number of benzene rings is 1. The summed E-state index contributed by atoms with van der Waals surface area (Å²) in [5.74, 6) is 0.0617. The van der Waals surface area contributed by atoms with E-state index in [1.165, 1.54) is 35.2 Å². The molecule has 1 aromatic carbocycles. The van der Waals surface area contributed by atoms with Crippen LogP contribution in [0, 0.1) is 0 Å². The van der Waals surface area contributed by atoms with Gasteiger partial charge in [-0.1, -0.05) is 20.8 Å². The lowest BCUT2D eigenvalue weighted by Crippen LogP contribution is -2.17. The third-order valence-corrected chi connectivity index (χ3v) is 5.03. The van der Waals surface area contributed by atoms with Crippen LogP contribution in [0.25, 0.3) is 11.1 Å². The molecule has 0 amide bonds. The molecule has 9 heteroatoms. The van der Waals surface area contributed by atoms with E-state index in [2.05, 4.69) is 14.7 Å². The molecule has 0 fully saturated rings. The predicted octanol–water partition coefficient (Wildman–Crippen LogP) is 2.02. The van der Waals surface area contributed by atoms with E-state index in [0.29, 0.717) is 11.3 Å². The fourth-order valence-electron chi connectivity index (χ4n) is 2.26. The normalized spacial score (nSPS) is 12.5. The molecule has 0 saturated heterocycles. The lowest BCUT2D eigenvalue weighted by molar-refractivity contribution is 0.527. The molecule has 0 saturated carbocycles. The Hall–Kier alpha value is -2.68. The number of aromatic nitrogens is 3. The van der Waals surface area contributed by atoms with Gasteiger partial charge in [0.05, 0.1) is 28.5 Å². The zero-order valence-electron chi connectivity index (χ0n) is 14.3. The van der Waals surface area contributed by atoms with E-state index in [0.717, 1.165) is 0 Å². The molecule has 25 heavy (non-hydrogen) atoms. The zero-order valence-corrected chi connectivity index (χ0v) is 15.1. The van der Waals surface area contributed by atoms with Crippen molar-refractivity contribution < 1.29 is 12.8 Å². The second-order valence-electron chi connectivity index (χ2n) is 6.71. The highest BCUT2D eigenvalue weighted by atomic mass is 32.2. The van der Waals surface area contributed by atoms with Crippen molar-refractivity contribution in [2.45, 2.75) is 31.1 Å². The van der Waals surface area contributed by atoms with Gasteiger partial charge < -0.3 is 4.42 Å². The summed E-state index contributed by atoms with van der Waals surface area (Å²) >= 11 is 0. The first-order valence-electron chi connectivity index (χ1n) is 7.53. The summed E-state index contributed by atoms with van der Waals surface area (Å²) in [6.45, 7) is 5.90. The Morgan fingerprint density at radius 2 is 1.80 bits per heavy atom. The first-order valence-corrected chi connectivity index (χ1v) is 9.01. The molecule has 0 aliphatic rings. The highest BCUT2D eigenvalue weighted by molar-refractivity contribution is 7.92. The Morgan fingerprint density at radius 3 is 2.40 bits per heavy atom. The average molecular weight is 362 g/mol. The number of hydrogen-bond donors (Lipinski definition) is 1. The maximum absolute atomic E-state index is 12.5. The average Bonchev–Trinajstić information content (AvgIpc) is 2.81. The topological polar surface area (TPSA) is 107 Å². The molecule has 3 aromatic rings. The Balaban J connectivity index is 1.93. The van der Waals surface area contributed by atoms with Crippen molar-refractivity contribution in [1.29, 1.82) is 0 Å². The number of rotatable bonds is 3. The number of nitrogens with one attached hydrogen (secondary N) is 1. The maximum Gasteiger partial charge on any atom is 0.419 e. The molecule has 0 bridgehead atoms. The number of anilines is 1. The SMILES string of the molecule is Cn1c(=O)oc2cc(S(=O)(=O)Nc3cnc(C(C)(C)C)nc3)ccc21. The van der Waals surface area contributed by atoms with Crippen LogP contribution < -0.4 is 10.5 Å². The molecule has 0 unspecified atom stereocenters. The third kappa shape index (κ3) is 3.27. The minimum Gasteiger partial charge on any atom is -0.408 e. The summed E-state index contributed by atoms with van der Waals surface area (Å²) in [5.41, 5.74) is 0.743. The van der Waals surface area contributed by atoms with Crippen LogP contribution in [0.1, 0.15) is 26.6 Å². The van der Waals surface area contributed by atoms with Crippen molar-refractivity contribution in [2.75, 3.05) is 4.72 Å². The molecule has 0 aliphatic carbocycles. The summed E-state index contributed by atoms with van der Waals surface area (Å²) in [6.07, 6.45) is 2.85. The molecule has 132 valence electrons. The fraction of sp³-hybridized carbons (Fsp3) is 0.312. The summed E-state index contributed by atoms with van der Waals surface area (Å²) < 4.78 is 33.8. The molecule has 8 nitrogen and oxygen atoms in total. The minimum atomic E-state index is -3.86. The molecule has 0 atom stereocenters. The van der Waals surface area contributed by atoms with Crippen molar-refractivity contribution in [3.05, 3.63) is 47.0 Å². The van der Waals surface area contributed by atoms with Crippen molar-refractivity contribution in [1.82, 2.24) is 14.5 Å². The molecule has 0 spiro atoms. The van der Waals surface area contributed by atoms with Gasteiger partial charge in [-0.25, -0.2) is 23.2 Å². The summed E-state index contributed by atoms with van der Waals surface area (Å²) in [5, 5.41) is 0. The number of sulfonamides is 1. The molecular weight excluding hydrogens is 344 g/mol. The van der Waals surface area contributed by atoms with Crippen LogP contribution in [0.3, 0.4) is 0 Å². The second-order valence-corrected chi connectivity index (χ2v) is 8.39. The van der Waals surface area contributed by atoms with Gasteiger partial charge in [-0.3, -0.25) is 9.29 Å². The van der Waals surface area contributed by atoms with E-state index in [4.69, 9.17) is 4.42 Å². The van der Waals surface area contributed by atoms with Gasteiger partial charge in [0.1, 0.15) is 5.82 Å². The Morgan fingerprint density at radius 1 is 1.16 bits per heavy atom. The summed E-state index contributed by atoms with van der Waals surface area (Å²) in [7, 11) is -2.31. The molecule has 1 N–H and O–H groups in total. The van der Waals surface area contributed by atoms with Crippen molar-refractivity contribution in [3.8, 4) is 0 Å². The highest BCUT2D eigenvalue weighted by Crippen LogP contribution is 2.22. The van der Waals surface area contributed by atoms with Crippen LogP contribution in [0.4, 0.5) is 5.69 Å². The minimum absolute atomic E-state index is 0.0192. The van der Waals surface area contributed by atoms with Crippen LogP contribution in [-0.2, 0) is 22.5 Å². The quantitative estimate of drug-likeness (QED) is 0.764. The first-order chi connectivity index (χ1) is 11.6. The van der Waals surface area contributed by atoms with E-state index in [-0.39, 0.29) is 21.6 Å². The predicted molar refractivity (Wildman–Crippen MR) is 93.0 cm³/mol. The largest absolute Gasteiger partial charge is 0.419 e. The van der Waals surface area contributed by atoms with Crippen molar-refractivity contribution in [2.24, 2.45) is 7.05 Å². The van der Waals surface area contributed by atoms with Crippen LogP contribution in [-0.4, -0.2) is 23.0 Å². The van der Waals surface area contributed by atoms with Crippen LogP contribution in [0.2, 0.25) is 0 Å². The van der Waals surface area contributed by atoms with Gasteiger partial charge in [0.25, 0.3) is 10.0 Å². The molecule has 2 heterocycles. The van der Waals surface area contributed by atoms with Crippen LogP contribution in [0.5, 0.6) is 0 Å². The van der Waals surface area contributed by atoms with Gasteiger partial charge in [0.2, 0.25) is 0 Å². The monoisotopic (exact) mass is 362 g/mol. The van der Waals surface area contributed by atoms with Crippen molar-refractivity contribution >= 4 is 26.8 Å². The Kier molecular flexibility index (Phi) is 3.91. The molecule has 3 rings (SSSR count). The lowest BCUT2D eigenvalue weighted by atomic mass is 9.96. The van der Waals surface area contributed by atoms with E-state index in [9.17, 15) is 13.2 Å². The molecule has 0 radical (unpaired) electrons. The third-order valence-electron chi connectivity index (χ3n) is 3.65. The standard InChI is InChI=1S/C16H18N4O4S/c1-16(2,3)14-17-8-10(9-18-14)19-25(22,23)11-5-6-12-13(7-11)24-15(21)20(12)4/h5-9,19H,1-4H3. The highest BCUT2D eigenvalue weighted by Gasteiger charge is 2.19. The molecular formula is C16H18N4O4S. The first kappa shape index (κ1) is 17.2. The van der Waals surface area contributed by atoms with E-state index < -0.39 is 15.8 Å². The van der Waals surface area contributed by atoms with Gasteiger partial charge >= 0.3 is 5.76 Å². The van der Waals surface area contributed by atoms with Gasteiger partial charge in [-0.15, -0.1) is 0 Å².